The second-order valence-corrected chi connectivity index (χ2v) is 7.45. The van der Waals surface area contributed by atoms with Gasteiger partial charge in [-0.1, -0.05) is 54.6 Å². The maximum atomic E-state index is 13.0. The van der Waals surface area contributed by atoms with Crippen molar-refractivity contribution in [2.75, 3.05) is 4.72 Å². The van der Waals surface area contributed by atoms with Crippen molar-refractivity contribution in [3.63, 3.8) is 0 Å². The number of rotatable bonds is 5. The van der Waals surface area contributed by atoms with Crippen LogP contribution in [0.25, 0.3) is 11.1 Å². The molecule has 0 aliphatic rings. The average molecular weight is 367 g/mol. The highest BCUT2D eigenvalue weighted by Gasteiger charge is 2.20. The van der Waals surface area contributed by atoms with Crippen molar-refractivity contribution in [3.05, 3.63) is 83.9 Å². The smallest absolute Gasteiger partial charge is 0.335 e. The van der Waals surface area contributed by atoms with Crippen molar-refractivity contribution < 1.29 is 18.3 Å². The summed E-state index contributed by atoms with van der Waals surface area (Å²) in [7, 11) is -3.90. The van der Waals surface area contributed by atoms with Crippen molar-refractivity contribution >= 4 is 21.7 Å². The number of carbonyl (C=O) groups is 1. The number of carboxylic acid groups (broad SMARTS) is 1. The van der Waals surface area contributed by atoms with Crippen molar-refractivity contribution in [2.45, 2.75) is 11.8 Å². The van der Waals surface area contributed by atoms with Crippen LogP contribution in [0.4, 0.5) is 5.69 Å². The molecule has 26 heavy (non-hydrogen) atoms. The molecular formula is C20H17NO4S. The molecule has 0 spiro atoms. The van der Waals surface area contributed by atoms with Crippen LogP contribution in [0.5, 0.6) is 0 Å². The first-order valence-corrected chi connectivity index (χ1v) is 9.38. The number of hydrogen-bond acceptors (Lipinski definition) is 3. The van der Waals surface area contributed by atoms with Gasteiger partial charge in [-0.05, 0) is 36.2 Å². The highest BCUT2D eigenvalue weighted by atomic mass is 32.2. The number of nitrogens with one attached hydrogen (secondary N) is 1. The summed E-state index contributed by atoms with van der Waals surface area (Å²) < 4.78 is 28.5. The average Bonchev–Trinajstić information content (AvgIpc) is 2.64. The molecule has 0 atom stereocenters. The molecular weight excluding hydrogens is 350 g/mol. The van der Waals surface area contributed by atoms with Gasteiger partial charge in [-0.25, -0.2) is 13.2 Å². The van der Waals surface area contributed by atoms with Crippen LogP contribution in [-0.2, 0) is 10.0 Å². The van der Waals surface area contributed by atoms with Gasteiger partial charge in [0.25, 0.3) is 10.0 Å². The summed E-state index contributed by atoms with van der Waals surface area (Å²) in [6.07, 6.45) is 0. The minimum absolute atomic E-state index is 0.0182. The van der Waals surface area contributed by atoms with Crippen LogP contribution in [0.1, 0.15) is 15.9 Å². The lowest BCUT2D eigenvalue weighted by Gasteiger charge is -2.14. The molecule has 0 fully saturated rings. The molecule has 3 aromatic rings. The van der Waals surface area contributed by atoms with E-state index in [1.807, 2.05) is 30.3 Å². The third-order valence-electron chi connectivity index (χ3n) is 3.99. The van der Waals surface area contributed by atoms with Gasteiger partial charge in [0.1, 0.15) is 0 Å². The summed E-state index contributed by atoms with van der Waals surface area (Å²) in [5, 5.41) is 9.13. The Hall–Kier alpha value is -3.12. The molecule has 0 aliphatic carbocycles. The summed E-state index contributed by atoms with van der Waals surface area (Å²) in [4.78, 5) is 11.3. The number of benzene rings is 3. The first-order chi connectivity index (χ1) is 12.4. The standard InChI is InChI=1S/C20H17NO4S/c1-14-11-12-16(20(22)23)13-18(14)21-26(24,25)19-10-6-5-9-17(19)15-7-3-2-4-8-15/h2-13,21H,1H3,(H,22,23). The molecule has 0 heterocycles. The van der Waals surface area contributed by atoms with E-state index in [9.17, 15) is 13.2 Å². The summed E-state index contributed by atoms with van der Waals surface area (Å²) in [6, 6.07) is 20.2. The zero-order chi connectivity index (χ0) is 18.7. The molecule has 0 bridgehead atoms. The molecule has 0 aromatic heterocycles. The van der Waals surface area contributed by atoms with E-state index in [0.29, 0.717) is 11.1 Å². The van der Waals surface area contributed by atoms with Crippen LogP contribution in [0, 0.1) is 6.92 Å². The van der Waals surface area contributed by atoms with E-state index >= 15 is 0 Å². The maximum absolute atomic E-state index is 13.0. The number of sulfonamides is 1. The number of aromatic carboxylic acids is 1. The quantitative estimate of drug-likeness (QED) is 0.709. The minimum atomic E-state index is -3.90. The lowest BCUT2D eigenvalue weighted by Crippen LogP contribution is -2.15. The number of carboxylic acids is 1. The van der Waals surface area contributed by atoms with Gasteiger partial charge < -0.3 is 5.11 Å². The normalized spacial score (nSPS) is 11.1. The molecule has 132 valence electrons. The lowest BCUT2D eigenvalue weighted by atomic mass is 10.1. The topological polar surface area (TPSA) is 83.5 Å². The second kappa shape index (κ2) is 7.01. The van der Waals surface area contributed by atoms with Crippen LogP contribution in [-0.4, -0.2) is 19.5 Å². The van der Waals surface area contributed by atoms with Crippen molar-refractivity contribution in [2.24, 2.45) is 0 Å². The summed E-state index contributed by atoms with van der Waals surface area (Å²) in [5.74, 6) is -1.12. The number of aryl methyl sites for hydroxylation is 1. The summed E-state index contributed by atoms with van der Waals surface area (Å²) in [5.41, 5.74) is 2.25. The molecule has 6 heteroatoms. The zero-order valence-electron chi connectivity index (χ0n) is 14.0. The van der Waals surface area contributed by atoms with Crippen molar-refractivity contribution in [3.8, 4) is 11.1 Å². The molecule has 3 rings (SSSR count). The Labute approximate surface area is 152 Å². The number of anilines is 1. The molecule has 0 unspecified atom stereocenters. The lowest BCUT2D eigenvalue weighted by molar-refractivity contribution is 0.0697. The third-order valence-corrected chi connectivity index (χ3v) is 5.41. The molecule has 2 N–H and O–H groups in total. The Morgan fingerprint density at radius 2 is 1.58 bits per heavy atom. The van der Waals surface area contributed by atoms with Gasteiger partial charge in [0.15, 0.2) is 0 Å². The molecule has 0 saturated carbocycles. The van der Waals surface area contributed by atoms with E-state index in [0.717, 1.165) is 5.56 Å². The van der Waals surface area contributed by atoms with Gasteiger partial charge in [0.05, 0.1) is 16.1 Å². The van der Waals surface area contributed by atoms with E-state index in [-0.39, 0.29) is 16.1 Å². The van der Waals surface area contributed by atoms with Crippen LogP contribution in [0.2, 0.25) is 0 Å². The molecule has 3 aromatic carbocycles. The third kappa shape index (κ3) is 3.60. The first kappa shape index (κ1) is 17.7. The van der Waals surface area contributed by atoms with Gasteiger partial charge in [-0.3, -0.25) is 4.72 Å². The molecule has 0 amide bonds. The van der Waals surface area contributed by atoms with Gasteiger partial charge in [0.2, 0.25) is 0 Å². The number of hydrogen-bond donors (Lipinski definition) is 2. The van der Waals surface area contributed by atoms with Crippen LogP contribution in [0.3, 0.4) is 0 Å². The van der Waals surface area contributed by atoms with Crippen LogP contribution >= 0.6 is 0 Å². The van der Waals surface area contributed by atoms with E-state index < -0.39 is 16.0 Å². The van der Waals surface area contributed by atoms with E-state index in [1.54, 1.807) is 31.2 Å². The zero-order valence-corrected chi connectivity index (χ0v) is 14.8. The highest BCUT2D eigenvalue weighted by Crippen LogP contribution is 2.29. The largest absolute Gasteiger partial charge is 0.478 e. The summed E-state index contributed by atoms with van der Waals surface area (Å²) >= 11 is 0. The van der Waals surface area contributed by atoms with Crippen LogP contribution in [0.15, 0.2) is 77.7 Å². The van der Waals surface area contributed by atoms with Crippen molar-refractivity contribution in [1.82, 2.24) is 0 Å². The van der Waals surface area contributed by atoms with Crippen molar-refractivity contribution in [1.29, 1.82) is 0 Å². The van der Waals surface area contributed by atoms with Gasteiger partial charge in [0, 0.05) is 5.56 Å². The first-order valence-electron chi connectivity index (χ1n) is 7.90. The van der Waals surface area contributed by atoms with E-state index in [2.05, 4.69) is 4.72 Å². The van der Waals surface area contributed by atoms with E-state index in [1.165, 1.54) is 18.2 Å². The Morgan fingerprint density at radius 3 is 2.27 bits per heavy atom. The summed E-state index contributed by atoms with van der Waals surface area (Å²) in [6.45, 7) is 1.71. The Morgan fingerprint density at radius 1 is 0.923 bits per heavy atom. The predicted molar refractivity (Wildman–Crippen MR) is 101 cm³/mol. The van der Waals surface area contributed by atoms with Gasteiger partial charge in [-0.15, -0.1) is 0 Å². The minimum Gasteiger partial charge on any atom is -0.478 e. The predicted octanol–water partition coefficient (Wildman–Crippen LogP) is 4.16. The SMILES string of the molecule is Cc1ccc(C(=O)O)cc1NS(=O)(=O)c1ccccc1-c1ccccc1. The van der Waals surface area contributed by atoms with Gasteiger partial charge in [-0.2, -0.15) is 0 Å². The fraction of sp³-hybridized carbons (Fsp3) is 0.0500. The fourth-order valence-corrected chi connectivity index (χ4v) is 3.97. The Kier molecular flexibility index (Phi) is 4.77. The Bertz CT molecular complexity index is 1060. The molecule has 0 radical (unpaired) electrons. The van der Waals surface area contributed by atoms with Gasteiger partial charge >= 0.3 is 5.97 Å². The Balaban J connectivity index is 2.06. The maximum Gasteiger partial charge on any atom is 0.335 e. The fourth-order valence-electron chi connectivity index (χ4n) is 2.62. The van der Waals surface area contributed by atoms with E-state index in [4.69, 9.17) is 5.11 Å². The van der Waals surface area contributed by atoms with Crippen LogP contribution < -0.4 is 4.72 Å². The molecule has 0 saturated heterocycles. The second-order valence-electron chi connectivity index (χ2n) is 5.80. The highest BCUT2D eigenvalue weighted by molar-refractivity contribution is 7.92. The monoisotopic (exact) mass is 367 g/mol. The molecule has 0 aliphatic heterocycles. The molecule has 5 nitrogen and oxygen atoms in total.